The van der Waals surface area contributed by atoms with Crippen LogP contribution in [0, 0.1) is 12.7 Å². The standard InChI is InChI=1S/C17H16FNO2/c1-12-3-7-14(18)11-16(12)19-17(20)10-6-13-4-8-15(21-2)9-5-13/h3-11H,1-2H3,(H,19,20)/b10-6+. The summed E-state index contributed by atoms with van der Waals surface area (Å²) < 4.78 is 18.2. The van der Waals surface area contributed by atoms with Crippen molar-refractivity contribution in [3.05, 3.63) is 65.5 Å². The number of carbonyl (C=O) groups is 1. The average Bonchev–Trinajstić information content (AvgIpc) is 2.49. The highest BCUT2D eigenvalue weighted by atomic mass is 19.1. The highest BCUT2D eigenvalue weighted by Gasteiger charge is 2.03. The number of hydrogen-bond acceptors (Lipinski definition) is 2. The number of aryl methyl sites for hydroxylation is 1. The van der Waals surface area contributed by atoms with Crippen LogP contribution in [0.3, 0.4) is 0 Å². The van der Waals surface area contributed by atoms with Crippen LogP contribution in [0.5, 0.6) is 5.75 Å². The summed E-state index contributed by atoms with van der Waals surface area (Å²) in [6.45, 7) is 1.81. The fraction of sp³-hybridized carbons (Fsp3) is 0.118. The molecule has 0 spiro atoms. The predicted octanol–water partition coefficient (Wildman–Crippen LogP) is 3.79. The molecule has 108 valence electrons. The molecule has 2 aromatic rings. The van der Waals surface area contributed by atoms with Gasteiger partial charge >= 0.3 is 0 Å². The first-order chi connectivity index (χ1) is 10.1. The maximum atomic E-state index is 13.1. The first-order valence-electron chi connectivity index (χ1n) is 6.48. The van der Waals surface area contributed by atoms with Crippen LogP contribution in [0.1, 0.15) is 11.1 Å². The fourth-order valence-corrected chi connectivity index (χ4v) is 1.79. The van der Waals surface area contributed by atoms with Crippen molar-refractivity contribution in [2.45, 2.75) is 6.92 Å². The third-order valence-corrected chi connectivity index (χ3v) is 3.00. The van der Waals surface area contributed by atoms with Gasteiger partial charge in [-0.3, -0.25) is 4.79 Å². The smallest absolute Gasteiger partial charge is 0.248 e. The number of hydrogen-bond donors (Lipinski definition) is 1. The Morgan fingerprint density at radius 2 is 1.90 bits per heavy atom. The topological polar surface area (TPSA) is 38.3 Å². The number of halogens is 1. The molecule has 0 aromatic heterocycles. The molecule has 0 aliphatic heterocycles. The summed E-state index contributed by atoms with van der Waals surface area (Å²) in [6, 6.07) is 11.6. The van der Waals surface area contributed by atoms with E-state index in [0.717, 1.165) is 16.9 Å². The molecule has 0 aliphatic carbocycles. The lowest BCUT2D eigenvalue weighted by Gasteiger charge is -2.06. The van der Waals surface area contributed by atoms with Crippen LogP contribution in [0.25, 0.3) is 6.08 Å². The molecule has 0 radical (unpaired) electrons. The molecule has 0 unspecified atom stereocenters. The van der Waals surface area contributed by atoms with Crippen molar-refractivity contribution in [3.63, 3.8) is 0 Å². The number of ether oxygens (including phenoxy) is 1. The second-order valence-electron chi connectivity index (χ2n) is 4.55. The van der Waals surface area contributed by atoms with Crippen molar-refractivity contribution < 1.29 is 13.9 Å². The Labute approximate surface area is 123 Å². The van der Waals surface area contributed by atoms with E-state index < -0.39 is 0 Å². The van der Waals surface area contributed by atoms with E-state index in [-0.39, 0.29) is 11.7 Å². The quantitative estimate of drug-likeness (QED) is 0.868. The van der Waals surface area contributed by atoms with Gasteiger partial charge in [0.15, 0.2) is 0 Å². The fourth-order valence-electron chi connectivity index (χ4n) is 1.79. The molecule has 0 bridgehead atoms. The normalized spacial score (nSPS) is 10.6. The van der Waals surface area contributed by atoms with Gasteiger partial charge in [-0.25, -0.2) is 4.39 Å². The first-order valence-corrected chi connectivity index (χ1v) is 6.48. The van der Waals surface area contributed by atoms with Crippen LogP contribution in [-0.4, -0.2) is 13.0 Å². The van der Waals surface area contributed by atoms with Crippen molar-refractivity contribution in [1.29, 1.82) is 0 Å². The van der Waals surface area contributed by atoms with Crippen LogP contribution >= 0.6 is 0 Å². The van der Waals surface area contributed by atoms with Gasteiger partial charge in [0.2, 0.25) is 5.91 Å². The van der Waals surface area contributed by atoms with Crippen LogP contribution < -0.4 is 10.1 Å². The number of benzene rings is 2. The Kier molecular flexibility index (Phi) is 4.72. The summed E-state index contributed by atoms with van der Waals surface area (Å²) in [6.07, 6.45) is 3.09. The molecule has 1 amide bonds. The van der Waals surface area contributed by atoms with Gasteiger partial charge in [0.05, 0.1) is 7.11 Å². The van der Waals surface area contributed by atoms with E-state index in [4.69, 9.17) is 4.74 Å². The molecule has 0 aliphatic rings. The van der Waals surface area contributed by atoms with Gasteiger partial charge < -0.3 is 10.1 Å². The molecule has 21 heavy (non-hydrogen) atoms. The summed E-state index contributed by atoms with van der Waals surface area (Å²) in [4.78, 5) is 11.8. The lowest BCUT2D eigenvalue weighted by molar-refractivity contribution is -0.111. The highest BCUT2D eigenvalue weighted by Crippen LogP contribution is 2.16. The molecule has 0 saturated heterocycles. The van der Waals surface area contributed by atoms with Crippen molar-refractivity contribution in [3.8, 4) is 5.75 Å². The molecule has 2 aromatic carbocycles. The molecule has 3 nitrogen and oxygen atoms in total. The number of nitrogens with one attached hydrogen (secondary N) is 1. The minimum absolute atomic E-state index is 0.306. The Bertz CT molecular complexity index is 663. The molecular formula is C17H16FNO2. The molecule has 0 saturated carbocycles. The van der Waals surface area contributed by atoms with Crippen molar-refractivity contribution >= 4 is 17.7 Å². The molecule has 0 atom stereocenters. The van der Waals surface area contributed by atoms with Crippen molar-refractivity contribution in [2.24, 2.45) is 0 Å². The number of anilines is 1. The van der Waals surface area contributed by atoms with E-state index in [2.05, 4.69) is 5.32 Å². The molecule has 2 rings (SSSR count). The average molecular weight is 285 g/mol. The minimum atomic E-state index is -0.380. The summed E-state index contributed by atoms with van der Waals surface area (Å²) in [7, 11) is 1.60. The van der Waals surface area contributed by atoms with E-state index >= 15 is 0 Å². The Morgan fingerprint density at radius 3 is 2.57 bits per heavy atom. The van der Waals surface area contributed by atoms with Crippen molar-refractivity contribution in [2.75, 3.05) is 12.4 Å². The third kappa shape index (κ3) is 4.18. The third-order valence-electron chi connectivity index (χ3n) is 3.00. The van der Waals surface area contributed by atoms with Gasteiger partial charge in [-0.1, -0.05) is 18.2 Å². The number of carbonyl (C=O) groups excluding carboxylic acids is 1. The highest BCUT2D eigenvalue weighted by molar-refractivity contribution is 6.02. The van der Waals surface area contributed by atoms with Crippen LogP contribution in [0.15, 0.2) is 48.5 Å². The van der Waals surface area contributed by atoms with Gasteiger partial charge in [0.1, 0.15) is 11.6 Å². The van der Waals surface area contributed by atoms with Gasteiger partial charge in [-0.15, -0.1) is 0 Å². The van der Waals surface area contributed by atoms with Crippen LogP contribution in [0.2, 0.25) is 0 Å². The van der Waals surface area contributed by atoms with Crippen LogP contribution in [0.4, 0.5) is 10.1 Å². The Morgan fingerprint density at radius 1 is 1.19 bits per heavy atom. The minimum Gasteiger partial charge on any atom is -0.497 e. The summed E-state index contributed by atoms with van der Waals surface area (Å²) in [5.74, 6) is 0.0709. The van der Waals surface area contributed by atoms with Crippen LogP contribution in [-0.2, 0) is 4.79 Å². The van der Waals surface area contributed by atoms with Gasteiger partial charge in [0.25, 0.3) is 0 Å². The Balaban J connectivity index is 2.03. The lowest BCUT2D eigenvalue weighted by atomic mass is 10.2. The molecule has 0 fully saturated rings. The second-order valence-corrected chi connectivity index (χ2v) is 4.55. The molecular weight excluding hydrogens is 269 g/mol. The zero-order chi connectivity index (χ0) is 15.2. The maximum Gasteiger partial charge on any atom is 0.248 e. The summed E-state index contributed by atoms with van der Waals surface area (Å²) in [5.41, 5.74) is 2.16. The van der Waals surface area contributed by atoms with Gasteiger partial charge in [-0.05, 0) is 48.4 Å². The van der Waals surface area contributed by atoms with Gasteiger partial charge in [0, 0.05) is 11.8 Å². The zero-order valence-corrected chi connectivity index (χ0v) is 11.9. The summed E-state index contributed by atoms with van der Waals surface area (Å²) >= 11 is 0. The number of methoxy groups -OCH3 is 1. The van der Waals surface area contributed by atoms with E-state index in [0.29, 0.717) is 5.69 Å². The second kappa shape index (κ2) is 6.70. The lowest BCUT2D eigenvalue weighted by Crippen LogP contribution is -2.09. The summed E-state index contributed by atoms with van der Waals surface area (Å²) in [5, 5.41) is 2.65. The largest absolute Gasteiger partial charge is 0.497 e. The van der Waals surface area contributed by atoms with E-state index in [1.807, 2.05) is 31.2 Å². The molecule has 1 N–H and O–H groups in total. The number of rotatable bonds is 4. The van der Waals surface area contributed by atoms with Gasteiger partial charge in [-0.2, -0.15) is 0 Å². The SMILES string of the molecule is COc1ccc(/C=C/C(=O)Nc2cc(F)ccc2C)cc1. The predicted molar refractivity (Wildman–Crippen MR) is 81.8 cm³/mol. The molecule has 4 heteroatoms. The van der Waals surface area contributed by atoms with E-state index in [1.165, 1.54) is 18.2 Å². The van der Waals surface area contributed by atoms with E-state index in [9.17, 15) is 9.18 Å². The van der Waals surface area contributed by atoms with Crippen molar-refractivity contribution in [1.82, 2.24) is 0 Å². The number of amides is 1. The zero-order valence-electron chi connectivity index (χ0n) is 11.9. The van der Waals surface area contributed by atoms with E-state index in [1.54, 1.807) is 19.3 Å². The maximum absolute atomic E-state index is 13.1. The monoisotopic (exact) mass is 285 g/mol. The first kappa shape index (κ1) is 14.8. The molecule has 0 heterocycles. The Hall–Kier alpha value is -2.62.